The fourth-order valence-electron chi connectivity index (χ4n) is 11.2. The average Bonchev–Trinajstić information content (AvgIpc) is 3.60. The Morgan fingerprint density at radius 1 is 0.205 bits per heavy atom. The predicted octanol–water partition coefficient (Wildman–Crippen LogP) is 18.3. The molecule has 0 unspecified atom stereocenters. The van der Waals surface area contributed by atoms with Crippen molar-refractivity contribution in [2.45, 2.75) is 0 Å². The highest BCUT2D eigenvalue weighted by atomic mass is 14.9. The second-order valence-corrected chi connectivity index (χ2v) is 19.9. The van der Waals surface area contributed by atoms with Crippen LogP contribution in [0.3, 0.4) is 0 Å². The van der Waals surface area contributed by atoms with Gasteiger partial charge in [0.05, 0.1) is 33.8 Å². The molecule has 0 fully saturated rings. The highest BCUT2D eigenvalue weighted by Crippen LogP contribution is 2.40. The second kappa shape index (κ2) is 18.7. The maximum Gasteiger partial charge on any atom is 0.161 e. The lowest BCUT2D eigenvalue weighted by Crippen LogP contribution is -1.98. The van der Waals surface area contributed by atoms with Crippen LogP contribution in [0, 0.1) is 0 Å². The van der Waals surface area contributed by atoms with Crippen molar-refractivity contribution in [3.05, 3.63) is 267 Å². The highest BCUT2D eigenvalue weighted by molar-refractivity contribution is 6.14. The van der Waals surface area contributed by atoms with E-state index in [0.29, 0.717) is 11.6 Å². The third-order valence-electron chi connectivity index (χ3n) is 15.1. The number of fused-ring (bicyclic) bond motifs is 8. The van der Waals surface area contributed by atoms with Crippen molar-refractivity contribution in [2.24, 2.45) is 0 Å². The maximum atomic E-state index is 5.47. The Labute approximate surface area is 449 Å². The van der Waals surface area contributed by atoms with Gasteiger partial charge in [0.1, 0.15) is 0 Å². The Morgan fingerprint density at radius 2 is 0.551 bits per heavy atom. The molecule has 0 saturated heterocycles. The molecule has 0 N–H and O–H groups in total. The minimum atomic E-state index is 0.648. The molecular weight excluding hydrogens is 949 g/mol. The number of pyridine rings is 2. The van der Waals surface area contributed by atoms with E-state index in [1.54, 1.807) is 0 Å². The Bertz CT molecular complexity index is 4550. The Morgan fingerprint density at radius 3 is 0.987 bits per heavy atom. The van der Waals surface area contributed by atoms with Crippen LogP contribution < -0.4 is 0 Å². The number of para-hydroxylation sites is 2. The van der Waals surface area contributed by atoms with E-state index in [-0.39, 0.29) is 0 Å². The topological polar surface area (TPSA) is 77.3 Å². The fourth-order valence-corrected chi connectivity index (χ4v) is 11.2. The monoisotopic (exact) mass is 992 g/mol. The van der Waals surface area contributed by atoms with E-state index in [0.717, 1.165) is 133 Å². The zero-order chi connectivity index (χ0) is 51.5. The summed E-state index contributed by atoms with van der Waals surface area (Å²) in [4.78, 5) is 31.3. The van der Waals surface area contributed by atoms with E-state index in [4.69, 9.17) is 29.9 Å². The van der Waals surface area contributed by atoms with Gasteiger partial charge in [-0.3, -0.25) is 9.97 Å². The van der Waals surface area contributed by atoms with Gasteiger partial charge in [-0.25, -0.2) is 19.9 Å². The van der Waals surface area contributed by atoms with E-state index in [1.807, 2.05) is 36.7 Å². The van der Waals surface area contributed by atoms with E-state index < -0.39 is 0 Å². The summed E-state index contributed by atoms with van der Waals surface area (Å²) in [6.45, 7) is 0. The first-order valence-corrected chi connectivity index (χ1v) is 26.2. The lowest BCUT2D eigenvalue weighted by atomic mass is 9.96. The summed E-state index contributed by atoms with van der Waals surface area (Å²) in [5, 5.41) is 11.4. The molecule has 0 aliphatic heterocycles. The maximum absolute atomic E-state index is 5.47. The van der Waals surface area contributed by atoms with Crippen molar-refractivity contribution in [3.63, 3.8) is 0 Å². The Balaban J connectivity index is 0.886. The number of rotatable bonds is 8. The molecular formula is C72H44N6. The number of nitrogens with zero attached hydrogens (tertiary/aromatic N) is 6. The van der Waals surface area contributed by atoms with Crippen molar-refractivity contribution in [1.82, 2.24) is 29.9 Å². The van der Waals surface area contributed by atoms with Crippen LogP contribution in [-0.2, 0) is 0 Å². The molecule has 6 nitrogen and oxygen atoms in total. The lowest BCUT2D eigenvalue weighted by Gasteiger charge is -2.15. The van der Waals surface area contributed by atoms with E-state index in [9.17, 15) is 0 Å². The molecule has 4 heterocycles. The van der Waals surface area contributed by atoms with Gasteiger partial charge in [-0.15, -0.1) is 0 Å². The van der Waals surface area contributed by atoms with Crippen LogP contribution in [0.2, 0.25) is 0 Å². The summed E-state index contributed by atoms with van der Waals surface area (Å²) in [5.41, 5.74) is 15.2. The smallest absolute Gasteiger partial charge is 0.161 e. The van der Waals surface area contributed by atoms with Gasteiger partial charge in [0.2, 0.25) is 0 Å². The van der Waals surface area contributed by atoms with Crippen LogP contribution >= 0.6 is 0 Å². The zero-order valence-corrected chi connectivity index (χ0v) is 42.1. The summed E-state index contributed by atoms with van der Waals surface area (Å²) < 4.78 is 0. The van der Waals surface area contributed by atoms with Crippen LogP contribution in [-0.4, -0.2) is 29.9 Å². The Hall–Kier alpha value is -10.6. The largest absolute Gasteiger partial charge is 0.256 e. The number of benzene rings is 11. The third-order valence-corrected chi connectivity index (χ3v) is 15.1. The first-order chi connectivity index (χ1) is 38.6. The molecule has 0 saturated carbocycles. The van der Waals surface area contributed by atoms with Gasteiger partial charge in [0.25, 0.3) is 0 Å². The highest BCUT2D eigenvalue weighted by Gasteiger charge is 2.19. The van der Waals surface area contributed by atoms with Crippen LogP contribution in [0.5, 0.6) is 0 Å². The van der Waals surface area contributed by atoms with Crippen LogP contribution in [0.4, 0.5) is 0 Å². The normalized spacial score (nSPS) is 11.6. The number of aromatic nitrogens is 6. The van der Waals surface area contributed by atoms with Gasteiger partial charge in [0.15, 0.2) is 11.6 Å². The molecule has 0 radical (unpaired) electrons. The molecule has 4 aromatic heterocycles. The SMILES string of the molecule is c1cc(-c2cc(-c3ccc(-c4cnc5ccccc5c4)cc3)nc(-c3cc4ccccc4c4ccccc34)n2)cc(-c2cc(-c3ccc(-c4cnc5ccccc5c4)cc3)nc(-c3cc4ccccc4c4ccccc34)n2)c1. The summed E-state index contributed by atoms with van der Waals surface area (Å²) in [6, 6.07) is 89.6. The minimum Gasteiger partial charge on any atom is -0.256 e. The van der Waals surface area contributed by atoms with Crippen molar-refractivity contribution < 1.29 is 0 Å². The second-order valence-electron chi connectivity index (χ2n) is 19.9. The molecule has 362 valence electrons. The summed E-state index contributed by atoms with van der Waals surface area (Å²) in [5.74, 6) is 1.30. The van der Waals surface area contributed by atoms with Gasteiger partial charge in [-0.2, -0.15) is 0 Å². The van der Waals surface area contributed by atoms with Gasteiger partial charge < -0.3 is 0 Å². The summed E-state index contributed by atoms with van der Waals surface area (Å²) in [6.07, 6.45) is 3.90. The first kappa shape index (κ1) is 44.9. The first-order valence-electron chi connectivity index (χ1n) is 26.2. The van der Waals surface area contributed by atoms with Gasteiger partial charge in [-0.1, -0.05) is 200 Å². The molecule has 0 bridgehead atoms. The van der Waals surface area contributed by atoms with Crippen LogP contribution in [0.15, 0.2) is 267 Å². The molecule has 0 aliphatic rings. The fraction of sp³-hybridized carbons (Fsp3) is 0. The Kier molecular flexibility index (Phi) is 10.7. The van der Waals surface area contributed by atoms with Crippen molar-refractivity contribution in [3.8, 4) is 90.1 Å². The van der Waals surface area contributed by atoms with Gasteiger partial charge in [0, 0.05) is 67.7 Å². The molecule has 0 aliphatic carbocycles. The quantitative estimate of drug-likeness (QED) is 0.141. The molecule has 11 aromatic carbocycles. The molecule has 15 aromatic rings. The standard InChI is InChI=1S/C72H44N6/c1-5-20-57-49(14-1)39-63(61-24-9-7-22-59(57)61)71-75-67(47-32-28-45(29-33-47)55-37-51-16-3-11-26-65(51)73-43-55)41-69(77-71)53-18-13-19-54(36-53)70-42-68(48-34-30-46(31-35-48)56-38-52-17-4-12-27-66(52)74-44-56)76-72(78-70)64-40-50-15-2-6-21-58(50)60-23-8-10-25-62(60)64/h1-44H. The summed E-state index contributed by atoms with van der Waals surface area (Å²) in [7, 11) is 0. The molecule has 6 heteroatoms. The van der Waals surface area contributed by atoms with Crippen molar-refractivity contribution in [1.29, 1.82) is 0 Å². The van der Waals surface area contributed by atoms with E-state index in [1.165, 1.54) is 10.8 Å². The van der Waals surface area contributed by atoms with Crippen molar-refractivity contribution in [2.75, 3.05) is 0 Å². The van der Waals surface area contributed by atoms with Crippen molar-refractivity contribution >= 4 is 64.9 Å². The lowest BCUT2D eigenvalue weighted by molar-refractivity contribution is 1.18. The number of hydrogen-bond acceptors (Lipinski definition) is 6. The zero-order valence-electron chi connectivity index (χ0n) is 42.1. The molecule has 0 amide bonds. The minimum absolute atomic E-state index is 0.648. The molecule has 78 heavy (non-hydrogen) atoms. The summed E-state index contributed by atoms with van der Waals surface area (Å²) >= 11 is 0. The van der Waals surface area contributed by atoms with Gasteiger partial charge in [-0.05, 0) is 109 Å². The van der Waals surface area contributed by atoms with E-state index >= 15 is 0 Å². The predicted molar refractivity (Wildman–Crippen MR) is 322 cm³/mol. The average molecular weight is 993 g/mol. The van der Waals surface area contributed by atoms with Crippen LogP contribution in [0.25, 0.3) is 155 Å². The van der Waals surface area contributed by atoms with Gasteiger partial charge >= 0.3 is 0 Å². The van der Waals surface area contributed by atoms with E-state index in [2.05, 4.69) is 231 Å². The number of hydrogen-bond donors (Lipinski definition) is 0. The van der Waals surface area contributed by atoms with Crippen LogP contribution in [0.1, 0.15) is 0 Å². The third kappa shape index (κ3) is 8.08. The molecule has 15 rings (SSSR count). The molecule has 0 spiro atoms. The molecule has 0 atom stereocenters.